The molecule has 0 aliphatic rings. The number of rotatable bonds is 6. The van der Waals surface area contributed by atoms with E-state index < -0.39 is 17.7 Å². The predicted molar refractivity (Wildman–Crippen MR) is 75.3 cm³/mol. The first-order valence-electron chi connectivity index (χ1n) is 6.49. The zero-order valence-electron chi connectivity index (χ0n) is 12.7. The minimum atomic E-state index is -0.884. The van der Waals surface area contributed by atoms with E-state index in [9.17, 15) is 14.4 Å². The van der Waals surface area contributed by atoms with Gasteiger partial charge in [0.05, 0.1) is 18.8 Å². The molecule has 0 fully saturated rings. The number of aromatic nitrogens is 1. The van der Waals surface area contributed by atoms with Crippen molar-refractivity contribution in [3.8, 4) is 0 Å². The fourth-order valence-electron chi connectivity index (χ4n) is 1.40. The number of Topliss-reactive ketones (excluding diaryl/α,β-unsaturated/α-hetero) is 1. The highest BCUT2D eigenvalue weighted by atomic mass is 16.5. The van der Waals surface area contributed by atoms with Crippen LogP contribution in [0.1, 0.15) is 31.3 Å². The molecular formula is C14H19NO7. The number of nitrogens with zero attached hydrogens (tertiary/aromatic N) is 1. The normalized spacial score (nSPS) is 9.23. The highest BCUT2D eigenvalue weighted by Crippen LogP contribution is 2.05. The van der Waals surface area contributed by atoms with Gasteiger partial charge >= 0.3 is 11.9 Å². The number of ketones is 1. The first-order chi connectivity index (χ1) is 10.3. The number of aliphatic carboxylic acids is 1. The van der Waals surface area contributed by atoms with Crippen molar-refractivity contribution in [2.24, 2.45) is 0 Å². The SMILES string of the molecule is CC(=O)O.CCOC(=O)C(=O)c1cccn1CCOC(C)=O. The van der Waals surface area contributed by atoms with E-state index >= 15 is 0 Å². The Labute approximate surface area is 127 Å². The van der Waals surface area contributed by atoms with Gasteiger partial charge in [-0.25, -0.2) is 4.79 Å². The summed E-state index contributed by atoms with van der Waals surface area (Å²) in [6, 6.07) is 3.16. The van der Waals surface area contributed by atoms with E-state index in [1.165, 1.54) is 13.0 Å². The van der Waals surface area contributed by atoms with Crippen LogP contribution in [-0.4, -0.2) is 46.6 Å². The molecule has 1 N–H and O–H groups in total. The minimum Gasteiger partial charge on any atom is -0.481 e. The maximum absolute atomic E-state index is 11.7. The number of esters is 2. The smallest absolute Gasteiger partial charge is 0.381 e. The Morgan fingerprint density at radius 2 is 1.77 bits per heavy atom. The summed E-state index contributed by atoms with van der Waals surface area (Å²) >= 11 is 0. The van der Waals surface area contributed by atoms with Crippen molar-refractivity contribution in [3.05, 3.63) is 24.0 Å². The lowest BCUT2D eigenvalue weighted by Gasteiger charge is -2.08. The summed E-state index contributed by atoms with van der Waals surface area (Å²) in [5.41, 5.74) is 0.223. The molecule has 0 bridgehead atoms. The molecule has 8 heteroatoms. The molecule has 122 valence electrons. The van der Waals surface area contributed by atoms with Gasteiger partial charge in [0.15, 0.2) is 0 Å². The van der Waals surface area contributed by atoms with E-state index in [4.69, 9.17) is 14.6 Å². The zero-order chi connectivity index (χ0) is 17.1. The van der Waals surface area contributed by atoms with Crippen molar-refractivity contribution in [2.45, 2.75) is 27.3 Å². The minimum absolute atomic E-state index is 0.146. The molecule has 0 atom stereocenters. The summed E-state index contributed by atoms with van der Waals surface area (Å²) in [6.07, 6.45) is 1.63. The van der Waals surface area contributed by atoms with Gasteiger partial charge in [-0.05, 0) is 19.1 Å². The number of carboxylic acid groups (broad SMARTS) is 1. The Morgan fingerprint density at radius 1 is 1.18 bits per heavy atom. The second kappa shape index (κ2) is 10.1. The molecular weight excluding hydrogens is 294 g/mol. The van der Waals surface area contributed by atoms with Gasteiger partial charge in [0.2, 0.25) is 0 Å². The van der Waals surface area contributed by atoms with Gasteiger partial charge < -0.3 is 19.1 Å². The van der Waals surface area contributed by atoms with E-state index in [2.05, 4.69) is 4.74 Å². The van der Waals surface area contributed by atoms with Gasteiger partial charge in [0, 0.05) is 20.0 Å². The standard InChI is InChI=1S/C12H15NO5.C2H4O2/c1-3-17-12(16)11(15)10-5-4-6-13(10)7-8-18-9(2)14;1-2(3)4/h4-6H,3,7-8H2,1-2H3;1H3,(H,3,4). The summed E-state index contributed by atoms with van der Waals surface area (Å²) in [7, 11) is 0. The summed E-state index contributed by atoms with van der Waals surface area (Å²) in [6.45, 7) is 4.63. The number of hydrogen-bond acceptors (Lipinski definition) is 6. The second-order valence-corrected chi connectivity index (χ2v) is 4.00. The molecule has 1 heterocycles. The highest BCUT2D eigenvalue weighted by Gasteiger charge is 2.20. The van der Waals surface area contributed by atoms with Gasteiger partial charge in [0.25, 0.3) is 11.8 Å². The van der Waals surface area contributed by atoms with Crippen LogP contribution in [0.4, 0.5) is 0 Å². The lowest BCUT2D eigenvalue weighted by Crippen LogP contribution is -2.21. The Kier molecular flexibility index (Phi) is 8.92. The Hall–Kier alpha value is -2.64. The van der Waals surface area contributed by atoms with Crippen LogP contribution in [0.15, 0.2) is 18.3 Å². The number of ether oxygens (including phenoxy) is 2. The van der Waals surface area contributed by atoms with E-state index in [0.29, 0.717) is 6.54 Å². The van der Waals surface area contributed by atoms with Crippen molar-refractivity contribution in [3.63, 3.8) is 0 Å². The fourth-order valence-corrected chi connectivity index (χ4v) is 1.40. The Balaban J connectivity index is 0.000000980. The third kappa shape index (κ3) is 7.83. The lowest BCUT2D eigenvalue weighted by molar-refractivity contribution is -0.141. The third-order valence-electron chi connectivity index (χ3n) is 2.16. The zero-order valence-corrected chi connectivity index (χ0v) is 12.7. The molecule has 8 nitrogen and oxygen atoms in total. The molecule has 0 saturated carbocycles. The Bertz CT molecular complexity index is 529. The average Bonchev–Trinajstić information content (AvgIpc) is 2.85. The molecule has 0 spiro atoms. The summed E-state index contributed by atoms with van der Waals surface area (Å²) in [5, 5.41) is 7.42. The molecule has 0 aromatic carbocycles. The maximum atomic E-state index is 11.7. The van der Waals surface area contributed by atoms with E-state index in [-0.39, 0.29) is 24.9 Å². The van der Waals surface area contributed by atoms with Gasteiger partial charge in [-0.3, -0.25) is 14.4 Å². The van der Waals surface area contributed by atoms with Crippen LogP contribution in [0.5, 0.6) is 0 Å². The molecule has 0 saturated heterocycles. The lowest BCUT2D eigenvalue weighted by atomic mass is 10.3. The van der Waals surface area contributed by atoms with Gasteiger partial charge in [-0.15, -0.1) is 0 Å². The highest BCUT2D eigenvalue weighted by molar-refractivity contribution is 6.40. The number of carbonyl (C=O) groups is 4. The average molecular weight is 313 g/mol. The second-order valence-electron chi connectivity index (χ2n) is 4.00. The molecule has 22 heavy (non-hydrogen) atoms. The van der Waals surface area contributed by atoms with Crippen molar-refractivity contribution < 1.29 is 33.8 Å². The first-order valence-corrected chi connectivity index (χ1v) is 6.49. The van der Waals surface area contributed by atoms with Crippen LogP contribution < -0.4 is 0 Å². The molecule has 1 aromatic heterocycles. The number of hydrogen-bond donors (Lipinski definition) is 1. The fraction of sp³-hybridized carbons (Fsp3) is 0.429. The third-order valence-corrected chi connectivity index (χ3v) is 2.16. The quantitative estimate of drug-likeness (QED) is 0.471. The van der Waals surface area contributed by atoms with Crippen LogP contribution in [0.25, 0.3) is 0 Å². The van der Waals surface area contributed by atoms with Gasteiger partial charge in [0.1, 0.15) is 6.61 Å². The summed E-state index contributed by atoms with van der Waals surface area (Å²) in [5.74, 6) is -2.81. The first kappa shape index (κ1) is 19.4. The van der Waals surface area contributed by atoms with E-state index in [0.717, 1.165) is 6.92 Å². The van der Waals surface area contributed by atoms with E-state index in [1.807, 2.05) is 0 Å². The van der Waals surface area contributed by atoms with Gasteiger partial charge in [-0.1, -0.05) is 0 Å². The number of carbonyl (C=O) groups excluding carboxylic acids is 3. The maximum Gasteiger partial charge on any atom is 0.381 e. The van der Waals surface area contributed by atoms with Crippen molar-refractivity contribution in [1.82, 2.24) is 4.57 Å². The molecule has 0 radical (unpaired) electrons. The number of carboxylic acids is 1. The van der Waals surface area contributed by atoms with Crippen molar-refractivity contribution >= 4 is 23.7 Å². The van der Waals surface area contributed by atoms with Crippen LogP contribution in [0.2, 0.25) is 0 Å². The Morgan fingerprint density at radius 3 is 2.27 bits per heavy atom. The van der Waals surface area contributed by atoms with Crippen molar-refractivity contribution in [1.29, 1.82) is 0 Å². The van der Waals surface area contributed by atoms with Crippen LogP contribution in [0, 0.1) is 0 Å². The van der Waals surface area contributed by atoms with Crippen LogP contribution >= 0.6 is 0 Å². The molecule has 0 amide bonds. The predicted octanol–water partition coefficient (Wildman–Crippen LogP) is 0.888. The summed E-state index contributed by atoms with van der Waals surface area (Å²) in [4.78, 5) is 42.6. The van der Waals surface area contributed by atoms with Crippen molar-refractivity contribution in [2.75, 3.05) is 13.2 Å². The largest absolute Gasteiger partial charge is 0.481 e. The summed E-state index contributed by atoms with van der Waals surface area (Å²) < 4.78 is 11.0. The molecule has 1 rings (SSSR count). The van der Waals surface area contributed by atoms with Gasteiger partial charge in [-0.2, -0.15) is 0 Å². The monoisotopic (exact) mass is 313 g/mol. The van der Waals surface area contributed by atoms with Crippen LogP contribution in [0.3, 0.4) is 0 Å². The topological polar surface area (TPSA) is 112 Å². The molecule has 0 aliphatic heterocycles. The van der Waals surface area contributed by atoms with E-state index in [1.54, 1.807) is 23.8 Å². The molecule has 0 aliphatic carbocycles. The molecule has 1 aromatic rings. The molecule has 0 unspecified atom stereocenters. The van der Waals surface area contributed by atoms with Crippen LogP contribution in [-0.2, 0) is 30.4 Å².